The molecule has 0 bridgehead atoms. The topological polar surface area (TPSA) is 85.3 Å². The second kappa shape index (κ2) is 11.2. The summed E-state index contributed by atoms with van der Waals surface area (Å²) >= 11 is 12.0. The van der Waals surface area contributed by atoms with E-state index in [0.29, 0.717) is 42.0 Å². The van der Waals surface area contributed by atoms with Crippen molar-refractivity contribution in [2.45, 2.75) is 57.2 Å². The van der Waals surface area contributed by atoms with Gasteiger partial charge in [0, 0.05) is 51.4 Å². The second-order valence-electron chi connectivity index (χ2n) is 10.2. The van der Waals surface area contributed by atoms with E-state index >= 15 is 0 Å². The Balaban J connectivity index is 1.36. The van der Waals surface area contributed by atoms with Crippen molar-refractivity contribution in [3.05, 3.63) is 28.2 Å². The number of piperidine rings is 1. The van der Waals surface area contributed by atoms with Crippen LogP contribution in [-0.2, 0) is 9.53 Å². The van der Waals surface area contributed by atoms with Crippen LogP contribution in [0.1, 0.15) is 39.0 Å². The number of ether oxygens (including phenoxy) is 1. The predicted molar refractivity (Wildman–Crippen MR) is 137 cm³/mol. The number of carbonyl (C=O) groups is 2. The molecule has 8 nitrogen and oxygen atoms in total. The summed E-state index contributed by atoms with van der Waals surface area (Å²) in [7, 11) is 1.65. The van der Waals surface area contributed by atoms with Crippen molar-refractivity contribution in [2.24, 2.45) is 5.41 Å². The van der Waals surface area contributed by atoms with Crippen molar-refractivity contribution >= 4 is 40.8 Å². The molecular weight excluding hydrogens is 491 g/mol. The van der Waals surface area contributed by atoms with Gasteiger partial charge in [0.15, 0.2) is 0 Å². The summed E-state index contributed by atoms with van der Waals surface area (Å²) in [6, 6.07) is 4.42. The highest BCUT2D eigenvalue weighted by Crippen LogP contribution is 2.53. The molecule has 194 valence electrons. The molecule has 35 heavy (non-hydrogen) atoms. The summed E-state index contributed by atoms with van der Waals surface area (Å²) in [6.45, 7) is 5.67. The molecule has 2 saturated heterocycles. The summed E-state index contributed by atoms with van der Waals surface area (Å²) in [5.41, 5.74) is 0.734. The van der Waals surface area contributed by atoms with E-state index in [9.17, 15) is 14.7 Å². The number of nitrogens with zero attached hydrogens (tertiary/aromatic N) is 3. The first-order valence-electron chi connectivity index (χ1n) is 12.4. The minimum Gasteiger partial charge on any atom is -0.391 e. The highest BCUT2D eigenvalue weighted by atomic mass is 35.5. The van der Waals surface area contributed by atoms with Crippen LogP contribution in [0.3, 0.4) is 0 Å². The van der Waals surface area contributed by atoms with Gasteiger partial charge in [0.1, 0.15) is 0 Å². The summed E-state index contributed by atoms with van der Waals surface area (Å²) in [5, 5.41) is 14.2. The molecular formula is C25H36Cl2N4O4. The molecule has 10 heteroatoms. The third kappa shape index (κ3) is 6.23. The number of amides is 3. The van der Waals surface area contributed by atoms with E-state index < -0.39 is 0 Å². The molecule has 2 heterocycles. The van der Waals surface area contributed by atoms with Crippen molar-refractivity contribution in [3.8, 4) is 0 Å². The number of hydrogen-bond donors (Lipinski definition) is 2. The second-order valence-corrected chi connectivity index (χ2v) is 11.0. The van der Waals surface area contributed by atoms with Crippen LogP contribution in [0, 0.1) is 5.41 Å². The number of anilines is 1. The maximum Gasteiger partial charge on any atom is 0.322 e. The summed E-state index contributed by atoms with van der Waals surface area (Å²) in [5.74, 6) is 0.0272. The van der Waals surface area contributed by atoms with E-state index in [0.717, 1.165) is 38.8 Å². The van der Waals surface area contributed by atoms with Gasteiger partial charge in [0.05, 0.1) is 28.8 Å². The number of urea groups is 1. The SMILES string of the molecule is COC[C@@H](CCN1CCC2(CC2)[C@H](O)C1)N1C[C@H](C)N(C(=O)Nc2ccc(Cl)c(Cl)c2)CCC1=O. The molecule has 1 saturated carbocycles. The lowest BCUT2D eigenvalue weighted by atomic mass is 9.90. The van der Waals surface area contributed by atoms with Gasteiger partial charge in [0.25, 0.3) is 0 Å². The Morgan fingerprint density at radius 2 is 2.00 bits per heavy atom. The largest absolute Gasteiger partial charge is 0.391 e. The number of methoxy groups -OCH3 is 1. The fourth-order valence-corrected chi connectivity index (χ4v) is 5.66. The highest BCUT2D eigenvalue weighted by Gasteiger charge is 2.51. The molecule has 1 aliphatic carbocycles. The maximum atomic E-state index is 13.1. The van der Waals surface area contributed by atoms with Gasteiger partial charge < -0.3 is 29.9 Å². The van der Waals surface area contributed by atoms with Crippen molar-refractivity contribution < 1.29 is 19.4 Å². The molecule has 4 rings (SSSR count). The van der Waals surface area contributed by atoms with Gasteiger partial charge in [-0.15, -0.1) is 0 Å². The van der Waals surface area contributed by atoms with Crippen LogP contribution >= 0.6 is 23.2 Å². The van der Waals surface area contributed by atoms with Gasteiger partial charge in [0.2, 0.25) is 5.91 Å². The number of benzene rings is 1. The van der Waals surface area contributed by atoms with Crippen LogP contribution < -0.4 is 5.32 Å². The number of β-amino-alcohol motifs (C(OH)–C–C–N with tert-alkyl or cyclic N) is 1. The minimum atomic E-state index is -0.273. The number of aliphatic hydroxyl groups excluding tert-OH is 1. The Hall–Kier alpha value is -1.58. The van der Waals surface area contributed by atoms with E-state index in [1.165, 1.54) is 0 Å². The van der Waals surface area contributed by atoms with Crippen molar-refractivity contribution in [2.75, 3.05) is 51.8 Å². The summed E-state index contributed by atoms with van der Waals surface area (Å²) in [4.78, 5) is 32.0. The number of nitrogens with one attached hydrogen (secondary N) is 1. The number of carbonyl (C=O) groups excluding carboxylic acids is 2. The van der Waals surface area contributed by atoms with Crippen molar-refractivity contribution in [1.29, 1.82) is 0 Å². The number of halogens is 2. The predicted octanol–water partition coefficient (Wildman–Crippen LogP) is 3.70. The fraction of sp³-hybridized carbons (Fsp3) is 0.680. The first-order chi connectivity index (χ1) is 16.7. The lowest BCUT2D eigenvalue weighted by Crippen LogP contribution is -2.50. The molecule has 2 N–H and O–H groups in total. The summed E-state index contributed by atoms with van der Waals surface area (Å²) < 4.78 is 5.48. The lowest BCUT2D eigenvalue weighted by molar-refractivity contribution is -0.134. The maximum absolute atomic E-state index is 13.1. The monoisotopic (exact) mass is 526 g/mol. The van der Waals surface area contributed by atoms with Crippen LogP contribution in [0.2, 0.25) is 10.0 Å². The minimum absolute atomic E-state index is 0.0272. The first-order valence-corrected chi connectivity index (χ1v) is 13.2. The van der Waals surface area contributed by atoms with E-state index in [1.807, 2.05) is 11.8 Å². The third-order valence-corrected chi connectivity index (χ3v) is 8.59. The fourth-order valence-electron chi connectivity index (χ4n) is 5.37. The van der Waals surface area contributed by atoms with Gasteiger partial charge in [-0.05, 0) is 62.8 Å². The zero-order valence-electron chi connectivity index (χ0n) is 20.5. The molecule has 1 spiro atoms. The molecule has 0 aromatic heterocycles. The smallest absolute Gasteiger partial charge is 0.322 e. The number of aliphatic hydroxyl groups is 1. The Bertz CT molecular complexity index is 929. The average Bonchev–Trinajstić information content (AvgIpc) is 3.62. The van der Waals surface area contributed by atoms with E-state index in [4.69, 9.17) is 27.9 Å². The van der Waals surface area contributed by atoms with Crippen LogP contribution in [0.25, 0.3) is 0 Å². The van der Waals surface area contributed by atoms with E-state index in [2.05, 4.69) is 10.2 Å². The summed E-state index contributed by atoms with van der Waals surface area (Å²) in [6.07, 6.45) is 4.10. The molecule has 2 aliphatic heterocycles. The number of rotatable bonds is 7. The Morgan fingerprint density at radius 3 is 2.66 bits per heavy atom. The van der Waals surface area contributed by atoms with Gasteiger partial charge in [-0.25, -0.2) is 4.79 Å². The molecule has 3 fully saturated rings. The lowest BCUT2D eigenvalue weighted by Gasteiger charge is -2.38. The van der Waals surface area contributed by atoms with Crippen molar-refractivity contribution in [3.63, 3.8) is 0 Å². The van der Waals surface area contributed by atoms with Gasteiger partial charge in [-0.3, -0.25) is 4.79 Å². The molecule has 1 aromatic rings. The molecule has 3 amide bonds. The Morgan fingerprint density at radius 1 is 1.23 bits per heavy atom. The van der Waals surface area contributed by atoms with E-state index in [1.54, 1.807) is 30.2 Å². The molecule has 3 aliphatic rings. The Kier molecular flexibility index (Phi) is 8.49. The highest BCUT2D eigenvalue weighted by molar-refractivity contribution is 6.42. The molecule has 0 unspecified atom stereocenters. The zero-order valence-corrected chi connectivity index (χ0v) is 22.0. The van der Waals surface area contributed by atoms with Gasteiger partial charge in [-0.2, -0.15) is 0 Å². The van der Waals surface area contributed by atoms with Crippen LogP contribution in [0.5, 0.6) is 0 Å². The zero-order chi connectivity index (χ0) is 25.2. The molecule has 0 radical (unpaired) electrons. The number of likely N-dealkylation sites (tertiary alicyclic amines) is 1. The molecule has 1 aromatic carbocycles. The van der Waals surface area contributed by atoms with E-state index in [-0.39, 0.29) is 42.0 Å². The van der Waals surface area contributed by atoms with Crippen LogP contribution in [-0.4, -0.2) is 96.4 Å². The van der Waals surface area contributed by atoms with Gasteiger partial charge >= 0.3 is 6.03 Å². The Labute approximate surface area is 217 Å². The van der Waals surface area contributed by atoms with Crippen LogP contribution in [0.4, 0.5) is 10.5 Å². The van der Waals surface area contributed by atoms with Crippen molar-refractivity contribution in [1.82, 2.24) is 14.7 Å². The standard InChI is InChI=1S/C25H36Cl2N4O4/c1-17-14-31(19(16-35-2)5-10-29-12-9-25(7-8-25)22(32)15-29)23(33)6-11-30(17)24(34)28-18-3-4-20(26)21(27)13-18/h3-4,13,17,19,22,32H,5-12,14-16H2,1-2H3,(H,28,34)/t17-,19+,22+/m0/s1. The number of hydrogen-bond acceptors (Lipinski definition) is 5. The third-order valence-electron chi connectivity index (χ3n) is 7.85. The average molecular weight is 527 g/mol. The van der Waals surface area contributed by atoms with Gasteiger partial charge in [-0.1, -0.05) is 23.2 Å². The molecule has 3 atom stereocenters. The first kappa shape index (κ1) is 26.5. The normalized spacial score (nSPS) is 25.5. The quantitative estimate of drug-likeness (QED) is 0.565. The van der Waals surface area contributed by atoms with Crippen LogP contribution in [0.15, 0.2) is 18.2 Å².